The van der Waals surface area contributed by atoms with Crippen molar-refractivity contribution in [2.75, 3.05) is 0 Å². The monoisotopic (exact) mass is 366 g/mol. The molecule has 2 heterocycles. The average Bonchev–Trinajstić information content (AvgIpc) is 3.33. The second-order valence-corrected chi connectivity index (χ2v) is 7.42. The molecule has 0 N–H and O–H groups in total. The molecular weight excluding hydrogens is 336 g/mol. The highest BCUT2D eigenvalue weighted by molar-refractivity contribution is 6.13. The summed E-state index contributed by atoms with van der Waals surface area (Å²) in [6, 6.07) is 0.743. The van der Waals surface area contributed by atoms with Gasteiger partial charge in [0.2, 0.25) is 0 Å². The van der Waals surface area contributed by atoms with Crippen LogP contribution in [0.4, 0.5) is 0 Å². The molecule has 2 unspecified atom stereocenters. The van der Waals surface area contributed by atoms with Gasteiger partial charge in [0.25, 0.3) is 0 Å². The maximum Gasteiger partial charge on any atom is 0.185 e. The van der Waals surface area contributed by atoms with Crippen LogP contribution in [0.3, 0.4) is 0 Å². The summed E-state index contributed by atoms with van der Waals surface area (Å²) in [5.74, 6) is 1.88. The second-order valence-electron chi connectivity index (χ2n) is 7.42. The lowest BCUT2D eigenvalue weighted by Gasteiger charge is -2.18. The summed E-state index contributed by atoms with van der Waals surface area (Å²) in [6.45, 7) is 8.67. The molecule has 0 saturated heterocycles. The fourth-order valence-corrected chi connectivity index (χ4v) is 3.50. The molecule has 144 valence electrons. The van der Waals surface area contributed by atoms with Crippen LogP contribution in [0.25, 0.3) is 12.2 Å². The van der Waals surface area contributed by atoms with Crippen LogP contribution in [0.15, 0.2) is 35.9 Å². The Balaban J connectivity index is 1.89. The molecule has 3 rings (SSSR count). The van der Waals surface area contributed by atoms with E-state index in [9.17, 15) is 4.79 Å². The average molecular weight is 367 g/mol. The number of carbonyl (C=O) groups is 1. The first kappa shape index (κ1) is 19.3. The Morgan fingerprint density at radius 1 is 0.926 bits per heavy atom. The molecular formula is C22H30N4O. The molecule has 0 spiro atoms. The maximum atomic E-state index is 13.1. The molecule has 1 aliphatic rings. The number of imidazole rings is 2. The van der Waals surface area contributed by atoms with Crippen molar-refractivity contribution in [3.63, 3.8) is 0 Å². The number of aromatic nitrogens is 4. The van der Waals surface area contributed by atoms with Crippen molar-refractivity contribution >= 4 is 17.9 Å². The molecule has 1 aliphatic carbocycles. The van der Waals surface area contributed by atoms with Gasteiger partial charge in [0.1, 0.15) is 11.6 Å². The van der Waals surface area contributed by atoms with Gasteiger partial charge in [0.05, 0.1) is 0 Å². The predicted octanol–water partition coefficient (Wildman–Crippen LogP) is 5.24. The lowest BCUT2D eigenvalue weighted by Crippen LogP contribution is -2.14. The summed E-state index contributed by atoms with van der Waals surface area (Å²) in [7, 11) is 0. The number of nitrogens with zero attached hydrogens (tertiary/aromatic N) is 4. The van der Waals surface area contributed by atoms with Gasteiger partial charge in [-0.05, 0) is 58.1 Å². The van der Waals surface area contributed by atoms with E-state index in [2.05, 4.69) is 46.8 Å². The van der Waals surface area contributed by atoms with Gasteiger partial charge in [-0.25, -0.2) is 9.97 Å². The first-order chi connectivity index (χ1) is 13.0. The van der Waals surface area contributed by atoms with E-state index in [0.717, 1.165) is 54.9 Å². The molecule has 2 atom stereocenters. The topological polar surface area (TPSA) is 52.7 Å². The van der Waals surface area contributed by atoms with Crippen molar-refractivity contribution in [3.8, 4) is 0 Å². The Morgan fingerprint density at radius 3 is 1.78 bits per heavy atom. The minimum absolute atomic E-state index is 0.138. The first-order valence-electron chi connectivity index (χ1n) is 10.1. The number of hydrogen-bond donors (Lipinski definition) is 0. The number of hydrogen-bond acceptors (Lipinski definition) is 3. The highest BCUT2D eigenvalue weighted by Crippen LogP contribution is 2.28. The van der Waals surface area contributed by atoms with Crippen molar-refractivity contribution in [2.45, 2.75) is 71.9 Å². The van der Waals surface area contributed by atoms with Gasteiger partial charge in [0.15, 0.2) is 5.78 Å². The van der Waals surface area contributed by atoms with Crippen LogP contribution in [0, 0.1) is 0 Å². The van der Waals surface area contributed by atoms with Gasteiger partial charge >= 0.3 is 0 Å². The van der Waals surface area contributed by atoms with E-state index in [-0.39, 0.29) is 5.78 Å². The van der Waals surface area contributed by atoms with Crippen molar-refractivity contribution in [3.05, 3.63) is 47.6 Å². The zero-order chi connectivity index (χ0) is 19.4. The highest BCUT2D eigenvalue weighted by atomic mass is 16.1. The van der Waals surface area contributed by atoms with E-state index < -0.39 is 0 Å². The smallest absolute Gasteiger partial charge is 0.185 e. The van der Waals surface area contributed by atoms with Gasteiger partial charge in [-0.2, -0.15) is 0 Å². The number of allylic oxidation sites excluding steroid dienone is 2. The van der Waals surface area contributed by atoms with Gasteiger partial charge in [-0.3, -0.25) is 4.79 Å². The summed E-state index contributed by atoms with van der Waals surface area (Å²) >= 11 is 0. The first-order valence-corrected chi connectivity index (χ1v) is 10.1. The summed E-state index contributed by atoms with van der Waals surface area (Å²) in [6.07, 6.45) is 16.2. The molecule has 0 radical (unpaired) electrons. The van der Waals surface area contributed by atoms with Crippen LogP contribution in [0.5, 0.6) is 0 Å². The number of rotatable bonds is 6. The quantitative estimate of drug-likeness (QED) is 0.657. The Morgan fingerprint density at radius 2 is 1.37 bits per heavy atom. The minimum Gasteiger partial charge on any atom is -0.329 e. The maximum absolute atomic E-state index is 13.1. The minimum atomic E-state index is 0.138. The summed E-state index contributed by atoms with van der Waals surface area (Å²) in [5.41, 5.74) is 1.70. The van der Waals surface area contributed by atoms with Gasteiger partial charge in [0, 0.05) is 48.0 Å². The van der Waals surface area contributed by atoms with E-state index in [0.29, 0.717) is 12.1 Å². The van der Waals surface area contributed by atoms with Crippen LogP contribution in [-0.4, -0.2) is 24.9 Å². The molecule has 0 bridgehead atoms. The van der Waals surface area contributed by atoms with Crippen LogP contribution < -0.4 is 0 Å². The summed E-state index contributed by atoms with van der Waals surface area (Å²) in [5, 5.41) is 0. The zero-order valence-corrected chi connectivity index (χ0v) is 16.9. The normalized spacial score (nSPS) is 20.4. The van der Waals surface area contributed by atoms with Crippen LogP contribution >= 0.6 is 0 Å². The molecule has 2 aromatic rings. The van der Waals surface area contributed by atoms with Crippen molar-refractivity contribution in [1.29, 1.82) is 0 Å². The molecule has 5 heteroatoms. The Labute approximate surface area is 161 Å². The Hall–Kier alpha value is -2.43. The molecule has 0 aromatic carbocycles. The van der Waals surface area contributed by atoms with Gasteiger partial charge in [-0.15, -0.1) is 0 Å². The van der Waals surface area contributed by atoms with E-state index in [1.807, 2.05) is 36.9 Å². The van der Waals surface area contributed by atoms with E-state index >= 15 is 0 Å². The Kier molecular flexibility index (Phi) is 6.09. The third-order valence-corrected chi connectivity index (χ3v) is 5.61. The van der Waals surface area contributed by atoms with Gasteiger partial charge < -0.3 is 9.13 Å². The molecule has 2 aromatic heterocycles. The lowest BCUT2D eigenvalue weighted by molar-refractivity contribution is -0.112. The molecule has 5 nitrogen and oxygen atoms in total. The van der Waals surface area contributed by atoms with E-state index in [1.54, 1.807) is 0 Å². The third kappa shape index (κ3) is 4.12. The van der Waals surface area contributed by atoms with Crippen LogP contribution in [0.2, 0.25) is 0 Å². The van der Waals surface area contributed by atoms with E-state index in [4.69, 9.17) is 0 Å². The molecule has 1 fully saturated rings. The fraction of sp³-hybridized carbons (Fsp3) is 0.500. The molecule has 1 saturated carbocycles. The fourth-order valence-electron chi connectivity index (χ4n) is 3.50. The predicted molar refractivity (Wildman–Crippen MR) is 109 cm³/mol. The number of Topliss-reactive ketones (excluding diaryl/α,β-unsaturated/α-hetero) is 1. The highest BCUT2D eigenvalue weighted by Gasteiger charge is 2.22. The van der Waals surface area contributed by atoms with Crippen molar-refractivity contribution in [2.24, 2.45) is 0 Å². The van der Waals surface area contributed by atoms with Crippen molar-refractivity contribution in [1.82, 2.24) is 19.1 Å². The zero-order valence-electron chi connectivity index (χ0n) is 16.9. The summed E-state index contributed by atoms with van der Waals surface area (Å²) < 4.78 is 4.29. The van der Waals surface area contributed by atoms with Crippen LogP contribution in [0.1, 0.15) is 83.5 Å². The molecule has 0 aliphatic heterocycles. The third-order valence-electron chi connectivity index (χ3n) is 5.61. The Bertz CT molecular complexity index is 787. The number of carbonyl (C=O) groups excluding carboxylic acids is 1. The summed E-state index contributed by atoms with van der Waals surface area (Å²) in [4.78, 5) is 22.0. The lowest BCUT2D eigenvalue weighted by atomic mass is 9.88. The SMILES string of the molecule is CCC(C)n1ccnc1/C=C1\CCC/C(=C\c2nccn2C(C)CC)C1=O. The van der Waals surface area contributed by atoms with Crippen LogP contribution in [-0.2, 0) is 4.79 Å². The largest absolute Gasteiger partial charge is 0.329 e. The number of ketones is 1. The van der Waals surface area contributed by atoms with E-state index in [1.165, 1.54) is 0 Å². The molecule has 27 heavy (non-hydrogen) atoms. The molecule has 0 amide bonds. The standard InChI is InChI=1S/C22H30N4O/c1-5-16(3)25-12-10-23-20(25)14-18-8-7-9-19(22(18)27)15-21-24-11-13-26(21)17(4)6-2/h10-17H,5-9H2,1-4H3/b18-14+,19-15+. The van der Waals surface area contributed by atoms with Crippen molar-refractivity contribution < 1.29 is 4.79 Å². The second kappa shape index (κ2) is 8.51. The van der Waals surface area contributed by atoms with Gasteiger partial charge in [-0.1, -0.05) is 13.8 Å².